The van der Waals surface area contributed by atoms with E-state index < -0.39 is 22.8 Å². The van der Waals surface area contributed by atoms with Gasteiger partial charge < -0.3 is 10.4 Å². The van der Waals surface area contributed by atoms with Crippen molar-refractivity contribution in [1.82, 2.24) is 5.32 Å². The lowest BCUT2D eigenvalue weighted by atomic mass is 9.71. The summed E-state index contributed by atoms with van der Waals surface area (Å²) < 4.78 is 0. The fraction of sp³-hybridized carbons (Fsp3) is 0.769. The lowest BCUT2D eigenvalue weighted by Crippen LogP contribution is -2.57. The molecule has 0 aliphatic rings. The van der Waals surface area contributed by atoms with E-state index in [1.54, 1.807) is 34.6 Å². The fourth-order valence-electron chi connectivity index (χ4n) is 1.38. The average Bonchev–Trinajstić information content (AvgIpc) is 2.14. The van der Waals surface area contributed by atoms with Gasteiger partial charge in [-0.05, 0) is 20.8 Å². The van der Waals surface area contributed by atoms with Gasteiger partial charge in [0.1, 0.15) is 5.78 Å². The van der Waals surface area contributed by atoms with Crippen molar-refractivity contribution < 1.29 is 19.5 Å². The Bertz CT molecular complexity index is 358. The van der Waals surface area contributed by atoms with E-state index >= 15 is 0 Å². The minimum absolute atomic E-state index is 0.0290. The minimum Gasteiger partial charge on any atom is -0.481 e. The maximum absolute atomic E-state index is 11.9. The highest BCUT2D eigenvalue weighted by atomic mass is 16.4. The third-order valence-electron chi connectivity index (χ3n) is 3.81. The molecular weight excluding hydrogens is 234 g/mol. The van der Waals surface area contributed by atoms with Crippen molar-refractivity contribution in [1.29, 1.82) is 0 Å². The van der Waals surface area contributed by atoms with Gasteiger partial charge in [0.25, 0.3) is 0 Å². The van der Waals surface area contributed by atoms with Gasteiger partial charge in [0.15, 0.2) is 0 Å². The Kier molecular flexibility index (Phi) is 5.08. The molecule has 104 valence electrons. The molecule has 0 saturated heterocycles. The number of aliphatic carboxylic acids is 1. The zero-order chi connectivity index (χ0) is 14.7. The molecule has 0 rings (SSSR count). The third kappa shape index (κ3) is 3.82. The number of carbonyl (C=O) groups is 3. The zero-order valence-corrected chi connectivity index (χ0v) is 12.0. The number of amides is 1. The standard InChI is InChI=1S/C13H23NO4/c1-8(7-10(16)17)11(18)14-13(5,6)12(3,4)9(2)15/h8H,7H2,1-6H3,(H,14,18)(H,16,17). The van der Waals surface area contributed by atoms with E-state index in [0.717, 1.165) is 0 Å². The summed E-state index contributed by atoms with van der Waals surface area (Å²) in [4.78, 5) is 34.0. The van der Waals surface area contributed by atoms with Crippen LogP contribution in [0.5, 0.6) is 0 Å². The van der Waals surface area contributed by atoms with E-state index in [-0.39, 0.29) is 18.1 Å². The quantitative estimate of drug-likeness (QED) is 0.757. The van der Waals surface area contributed by atoms with Gasteiger partial charge in [-0.3, -0.25) is 14.4 Å². The fourth-order valence-corrected chi connectivity index (χ4v) is 1.38. The zero-order valence-electron chi connectivity index (χ0n) is 12.0. The second-order valence-corrected chi connectivity index (χ2v) is 5.79. The normalized spacial score (nSPS) is 13.9. The Morgan fingerprint density at radius 3 is 1.94 bits per heavy atom. The maximum atomic E-state index is 11.9. The summed E-state index contributed by atoms with van der Waals surface area (Å²) in [5, 5.41) is 11.4. The molecule has 0 aliphatic carbocycles. The lowest BCUT2D eigenvalue weighted by Gasteiger charge is -2.40. The smallest absolute Gasteiger partial charge is 0.304 e. The van der Waals surface area contributed by atoms with Crippen LogP contribution in [0.1, 0.15) is 48.0 Å². The molecule has 0 spiro atoms. The van der Waals surface area contributed by atoms with Crippen LogP contribution in [0, 0.1) is 11.3 Å². The van der Waals surface area contributed by atoms with Crippen LogP contribution in [0.15, 0.2) is 0 Å². The highest BCUT2D eigenvalue weighted by molar-refractivity contribution is 5.86. The molecule has 18 heavy (non-hydrogen) atoms. The van der Waals surface area contributed by atoms with Gasteiger partial charge in [-0.1, -0.05) is 20.8 Å². The minimum atomic E-state index is -1.01. The summed E-state index contributed by atoms with van der Waals surface area (Å²) in [6.07, 6.45) is -0.220. The molecule has 0 aromatic heterocycles. The van der Waals surface area contributed by atoms with Gasteiger partial charge >= 0.3 is 5.97 Å². The second kappa shape index (κ2) is 5.50. The first-order chi connectivity index (χ1) is 7.91. The number of ketones is 1. The summed E-state index contributed by atoms with van der Waals surface area (Å²) in [5.74, 6) is -2.01. The van der Waals surface area contributed by atoms with Crippen LogP contribution in [-0.4, -0.2) is 28.3 Å². The van der Waals surface area contributed by atoms with Crippen LogP contribution >= 0.6 is 0 Å². The number of hydrogen-bond donors (Lipinski definition) is 2. The highest BCUT2D eigenvalue weighted by Gasteiger charge is 2.42. The highest BCUT2D eigenvalue weighted by Crippen LogP contribution is 2.31. The lowest BCUT2D eigenvalue weighted by molar-refractivity contribution is -0.142. The number of hydrogen-bond acceptors (Lipinski definition) is 3. The molecule has 5 nitrogen and oxygen atoms in total. The first kappa shape index (κ1) is 16.6. The number of carbonyl (C=O) groups excluding carboxylic acids is 2. The Labute approximate surface area is 108 Å². The average molecular weight is 257 g/mol. The van der Waals surface area contributed by atoms with Gasteiger partial charge in [-0.15, -0.1) is 0 Å². The maximum Gasteiger partial charge on any atom is 0.304 e. The van der Waals surface area contributed by atoms with E-state index in [4.69, 9.17) is 5.11 Å². The Morgan fingerprint density at radius 1 is 1.17 bits per heavy atom. The summed E-state index contributed by atoms with van der Waals surface area (Å²) in [5.41, 5.74) is -1.45. The SMILES string of the molecule is CC(=O)C(C)(C)C(C)(C)NC(=O)C(C)CC(=O)O. The number of nitrogens with one attached hydrogen (secondary N) is 1. The van der Waals surface area contributed by atoms with Crippen LogP contribution in [0.3, 0.4) is 0 Å². The first-order valence-corrected chi connectivity index (χ1v) is 5.96. The summed E-state index contributed by atoms with van der Waals surface area (Å²) in [6, 6.07) is 0. The predicted molar refractivity (Wildman–Crippen MR) is 68.1 cm³/mol. The molecule has 0 bridgehead atoms. The van der Waals surface area contributed by atoms with Crippen molar-refractivity contribution in [2.24, 2.45) is 11.3 Å². The topological polar surface area (TPSA) is 83.5 Å². The van der Waals surface area contributed by atoms with E-state index in [0.29, 0.717) is 0 Å². The Balaban J connectivity index is 4.83. The van der Waals surface area contributed by atoms with Crippen molar-refractivity contribution in [2.75, 3.05) is 0 Å². The molecule has 1 amide bonds. The molecule has 1 atom stereocenters. The number of rotatable bonds is 6. The van der Waals surface area contributed by atoms with Gasteiger partial charge in [-0.2, -0.15) is 0 Å². The molecule has 2 N–H and O–H groups in total. The summed E-state index contributed by atoms with van der Waals surface area (Å²) >= 11 is 0. The molecule has 0 aromatic rings. The number of carboxylic acid groups (broad SMARTS) is 1. The van der Waals surface area contributed by atoms with Crippen LogP contribution in [0.25, 0.3) is 0 Å². The Morgan fingerprint density at radius 2 is 1.61 bits per heavy atom. The molecule has 1 unspecified atom stereocenters. The number of Topliss-reactive ketones (excluding diaryl/α,β-unsaturated/α-hetero) is 1. The molecule has 5 heteroatoms. The molecule has 0 aromatic carbocycles. The van der Waals surface area contributed by atoms with Gasteiger partial charge in [0, 0.05) is 16.9 Å². The monoisotopic (exact) mass is 257 g/mol. The van der Waals surface area contributed by atoms with Gasteiger partial charge in [0.05, 0.1) is 6.42 Å². The molecular formula is C13H23NO4. The van der Waals surface area contributed by atoms with Gasteiger partial charge in [-0.25, -0.2) is 0 Å². The van der Waals surface area contributed by atoms with E-state index in [9.17, 15) is 14.4 Å². The van der Waals surface area contributed by atoms with Crippen LogP contribution < -0.4 is 5.32 Å². The van der Waals surface area contributed by atoms with Crippen LogP contribution in [0.4, 0.5) is 0 Å². The number of carboxylic acids is 1. The van der Waals surface area contributed by atoms with Crippen molar-refractivity contribution in [2.45, 2.75) is 53.5 Å². The largest absolute Gasteiger partial charge is 0.481 e. The van der Waals surface area contributed by atoms with Crippen molar-refractivity contribution in [3.63, 3.8) is 0 Å². The van der Waals surface area contributed by atoms with Crippen molar-refractivity contribution in [3.8, 4) is 0 Å². The summed E-state index contributed by atoms with van der Waals surface area (Å²) in [6.45, 7) is 10.1. The van der Waals surface area contributed by atoms with Crippen molar-refractivity contribution >= 4 is 17.7 Å². The predicted octanol–water partition coefficient (Wildman–Crippen LogP) is 1.61. The van der Waals surface area contributed by atoms with Crippen LogP contribution in [-0.2, 0) is 14.4 Å². The van der Waals surface area contributed by atoms with Crippen molar-refractivity contribution in [3.05, 3.63) is 0 Å². The third-order valence-corrected chi connectivity index (χ3v) is 3.81. The molecule has 0 aliphatic heterocycles. The van der Waals surface area contributed by atoms with E-state index in [2.05, 4.69) is 5.32 Å². The van der Waals surface area contributed by atoms with E-state index in [1.807, 2.05) is 0 Å². The first-order valence-electron chi connectivity index (χ1n) is 5.96. The molecule has 0 heterocycles. The molecule has 0 fully saturated rings. The van der Waals surface area contributed by atoms with Crippen LogP contribution in [0.2, 0.25) is 0 Å². The van der Waals surface area contributed by atoms with Gasteiger partial charge in [0.2, 0.25) is 5.91 Å². The molecule has 0 saturated carbocycles. The van der Waals surface area contributed by atoms with E-state index in [1.165, 1.54) is 6.92 Å². The second-order valence-electron chi connectivity index (χ2n) is 5.79. The Hall–Kier alpha value is -1.39. The summed E-state index contributed by atoms with van der Waals surface area (Å²) in [7, 11) is 0. The molecule has 0 radical (unpaired) electrons.